The third-order valence-corrected chi connectivity index (χ3v) is 12.4. The molecule has 378 valence electrons. The van der Waals surface area contributed by atoms with Gasteiger partial charge in [0.15, 0.2) is 0 Å². The van der Waals surface area contributed by atoms with E-state index in [1.165, 1.54) is 45.3 Å². The van der Waals surface area contributed by atoms with Gasteiger partial charge in [0.1, 0.15) is 48.1 Å². The van der Waals surface area contributed by atoms with Gasteiger partial charge in [0.05, 0.1) is 44.6 Å². The molecular formula is C46H57F2N9O12S. The van der Waals surface area contributed by atoms with Crippen molar-refractivity contribution in [3.63, 3.8) is 0 Å². The van der Waals surface area contributed by atoms with Crippen molar-refractivity contribution in [3.05, 3.63) is 113 Å². The fraction of sp³-hybridized carbons (Fsp3) is 0.478. The number of anilines is 2. The molecule has 2 aliphatic heterocycles. The number of benzene rings is 3. The van der Waals surface area contributed by atoms with E-state index in [0.717, 1.165) is 43.6 Å². The molecule has 7 rings (SSSR count). The molecule has 2 saturated heterocycles. The number of esters is 1. The molecule has 0 radical (unpaired) electrons. The van der Waals surface area contributed by atoms with Crippen LogP contribution in [0.25, 0.3) is 5.69 Å². The summed E-state index contributed by atoms with van der Waals surface area (Å²) in [7, 11) is -1.42. The molecule has 70 heavy (non-hydrogen) atoms. The van der Waals surface area contributed by atoms with Crippen LogP contribution < -0.4 is 20.2 Å². The number of ether oxygens (including phenoxy) is 5. The average molecular weight is 998 g/mol. The SMILES string of the molecule is CC[C@@H]([C@H](C)OC(=O)OC(CCCOS(=O)(=O)O)OC(=O)CN(C)C)n1ncn(-c2ccc(N3CCN(c4ccc(OC[C@@H]5CO[C@@](Cn6cncn6)(c6ccc(F)cc6F)C5)cc4)CC3)cc2)c1=O. The first-order chi connectivity index (χ1) is 33.5. The van der Waals surface area contributed by atoms with Crippen LogP contribution in [-0.2, 0) is 50.5 Å². The molecule has 0 saturated carbocycles. The van der Waals surface area contributed by atoms with Crippen LogP contribution >= 0.6 is 0 Å². The highest BCUT2D eigenvalue weighted by atomic mass is 32.3. The average Bonchev–Trinajstić information content (AvgIpc) is 4.08. The lowest BCUT2D eigenvalue weighted by Crippen LogP contribution is -2.46. The fourth-order valence-electron chi connectivity index (χ4n) is 8.59. The molecule has 2 aliphatic rings. The molecule has 1 unspecified atom stereocenters. The van der Waals surface area contributed by atoms with Crippen LogP contribution in [0.4, 0.5) is 25.0 Å². The van der Waals surface area contributed by atoms with Gasteiger partial charge in [0, 0.05) is 61.5 Å². The van der Waals surface area contributed by atoms with Gasteiger partial charge in [0.2, 0.25) is 0 Å². The number of likely N-dealkylation sites (N-methyl/N-ethyl adjacent to an activating group) is 1. The molecule has 0 amide bonds. The lowest BCUT2D eigenvalue weighted by molar-refractivity contribution is -0.174. The Hall–Kier alpha value is -6.47. The number of hydrogen-bond donors (Lipinski definition) is 1. The zero-order valence-electron chi connectivity index (χ0n) is 39.2. The minimum absolute atomic E-state index is 0.0571. The van der Waals surface area contributed by atoms with Gasteiger partial charge in [-0.05, 0) is 94.9 Å². The van der Waals surface area contributed by atoms with Crippen molar-refractivity contribution in [2.24, 2.45) is 5.92 Å². The topological polar surface area (TPSA) is 224 Å². The molecule has 0 spiro atoms. The van der Waals surface area contributed by atoms with Crippen molar-refractivity contribution >= 4 is 33.9 Å². The highest BCUT2D eigenvalue weighted by molar-refractivity contribution is 7.80. The van der Waals surface area contributed by atoms with Gasteiger partial charge in [-0.25, -0.2) is 41.5 Å². The van der Waals surface area contributed by atoms with Gasteiger partial charge in [-0.15, -0.1) is 0 Å². The van der Waals surface area contributed by atoms with E-state index < -0.39 is 70.5 Å². The molecule has 0 aliphatic carbocycles. The molecule has 21 nitrogen and oxygen atoms in total. The Morgan fingerprint density at radius 3 is 2.21 bits per heavy atom. The summed E-state index contributed by atoms with van der Waals surface area (Å²) in [5, 5.41) is 8.51. The van der Waals surface area contributed by atoms with Crippen LogP contribution in [0.3, 0.4) is 0 Å². The van der Waals surface area contributed by atoms with Crippen molar-refractivity contribution in [1.29, 1.82) is 0 Å². The van der Waals surface area contributed by atoms with Crippen LogP contribution in [0.1, 0.15) is 51.1 Å². The second kappa shape index (κ2) is 23.0. The van der Waals surface area contributed by atoms with Gasteiger partial charge in [0.25, 0.3) is 6.29 Å². The maximum atomic E-state index is 15.1. The summed E-state index contributed by atoms with van der Waals surface area (Å²) in [6.45, 7) is 6.70. The second-order valence-electron chi connectivity index (χ2n) is 17.3. The van der Waals surface area contributed by atoms with E-state index in [9.17, 15) is 27.2 Å². The summed E-state index contributed by atoms with van der Waals surface area (Å²) in [5.74, 6) is -1.43. The normalized spacial score (nSPS) is 18.7. The van der Waals surface area contributed by atoms with E-state index in [2.05, 4.69) is 29.2 Å². The summed E-state index contributed by atoms with van der Waals surface area (Å²) >= 11 is 0. The quantitative estimate of drug-likeness (QED) is 0.0427. The van der Waals surface area contributed by atoms with E-state index in [4.69, 9.17) is 28.2 Å². The summed E-state index contributed by atoms with van der Waals surface area (Å²) < 4.78 is 96.4. The van der Waals surface area contributed by atoms with Crippen LogP contribution in [-0.4, -0.2) is 138 Å². The van der Waals surface area contributed by atoms with E-state index in [1.807, 2.05) is 48.5 Å². The first kappa shape index (κ1) is 51.4. The molecule has 2 aromatic heterocycles. The van der Waals surface area contributed by atoms with Gasteiger partial charge >= 0.3 is 28.2 Å². The van der Waals surface area contributed by atoms with Crippen molar-refractivity contribution in [3.8, 4) is 11.4 Å². The number of piperazine rings is 1. The third-order valence-electron chi connectivity index (χ3n) is 12.0. The summed E-state index contributed by atoms with van der Waals surface area (Å²) in [6, 6.07) is 18.3. The Kier molecular flexibility index (Phi) is 16.9. The highest BCUT2D eigenvalue weighted by Gasteiger charge is 2.45. The summed E-state index contributed by atoms with van der Waals surface area (Å²) in [4.78, 5) is 49.0. The van der Waals surface area contributed by atoms with E-state index in [-0.39, 0.29) is 37.4 Å². The number of halogens is 2. The van der Waals surface area contributed by atoms with Gasteiger partial charge in [-0.1, -0.05) is 13.0 Å². The molecule has 3 aromatic carbocycles. The van der Waals surface area contributed by atoms with E-state index >= 15 is 4.39 Å². The predicted molar refractivity (Wildman–Crippen MR) is 248 cm³/mol. The van der Waals surface area contributed by atoms with Crippen molar-refractivity contribution < 1.29 is 59.2 Å². The Morgan fingerprint density at radius 2 is 1.60 bits per heavy atom. The standard InChI is InChI=1S/C46H57F2N9O12S/c1-5-41(32(2)67-45(60)69-43(68-42(58)25-52(3)4)7-6-22-66-70(61,62)63)57-44(59)56(31-51-57)37-11-9-35(10-12-37)53-18-20-54(21-19-53)36-13-15-38(16-14-36)64-26-33-24-46(65-27-33,28-55-30-49-29-50-55)39-17-8-34(47)23-40(39)48/h8-17,23,29-33,41,43H,5-7,18-22,24-28H2,1-4H3,(H,61,62,63)/t32-,33+,41-,43?,46-/m0/s1. The van der Waals surface area contributed by atoms with Crippen molar-refractivity contribution in [2.45, 2.75) is 70.1 Å². The first-order valence-corrected chi connectivity index (χ1v) is 24.1. The van der Waals surface area contributed by atoms with Gasteiger partial charge in [-0.2, -0.15) is 18.6 Å². The van der Waals surface area contributed by atoms with Gasteiger partial charge in [-0.3, -0.25) is 14.2 Å². The number of hydrogen-bond acceptors (Lipinski definition) is 17. The Morgan fingerprint density at radius 1 is 0.929 bits per heavy atom. The molecule has 4 heterocycles. The minimum Gasteiger partial charge on any atom is -0.493 e. The molecule has 5 atom stereocenters. The summed E-state index contributed by atoms with van der Waals surface area (Å²) in [5.41, 5.74) is 1.36. The monoisotopic (exact) mass is 997 g/mol. The molecule has 2 fully saturated rings. The first-order valence-electron chi connectivity index (χ1n) is 22.7. The van der Waals surface area contributed by atoms with E-state index in [0.29, 0.717) is 37.5 Å². The van der Waals surface area contributed by atoms with Crippen molar-refractivity contribution in [1.82, 2.24) is 34.0 Å². The highest BCUT2D eigenvalue weighted by Crippen LogP contribution is 2.42. The number of carbonyl (C=O) groups is 2. The lowest BCUT2D eigenvalue weighted by atomic mass is 9.87. The largest absolute Gasteiger partial charge is 0.511 e. The number of rotatable bonds is 22. The molecule has 1 N–H and O–H groups in total. The smallest absolute Gasteiger partial charge is 0.493 e. The number of aromatic nitrogens is 6. The van der Waals surface area contributed by atoms with Crippen LogP contribution in [0, 0.1) is 17.6 Å². The second-order valence-corrected chi connectivity index (χ2v) is 18.4. The molecular weight excluding hydrogens is 941 g/mol. The third kappa shape index (κ3) is 13.4. The Labute approximate surface area is 403 Å². The predicted octanol–water partition coefficient (Wildman–Crippen LogP) is 4.76. The maximum Gasteiger partial charge on any atom is 0.511 e. The zero-order chi connectivity index (χ0) is 50.0. The maximum absolute atomic E-state index is 15.1. The van der Waals surface area contributed by atoms with Crippen LogP contribution in [0.5, 0.6) is 5.75 Å². The van der Waals surface area contributed by atoms with Gasteiger partial charge < -0.3 is 33.5 Å². The Bertz CT molecular complexity index is 2680. The summed E-state index contributed by atoms with van der Waals surface area (Å²) in [6.07, 6.45) is 1.31. The van der Waals surface area contributed by atoms with Crippen molar-refractivity contribution in [2.75, 3.05) is 76.4 Å². The zero-order valence-corrected chi connectivity index (χ0v) is 40.0. The number of nitrogens with zero attached hydrogens (tertiary/aromatic N) is 9. The molecule has 5 aromatic rings. The lowest BCUT2D eigenvalue weighted by Gasteiger charge is -2.37. The Balaban J connectivity index is 0.887. The number of carbonyl (C=O) groups excluding carboxylic acids is 2. The van der Waals surface area contributed by atoms with Crippen LogP contribution in [0.2, 0.25) is 0 Å². The van der Waals surface area contributed by atoms with E-state index in [1.54, 1.807) is 32.6 Å². The minimum atomic E-state index is -4.69. The van der Waals surface area contributed by atoms with Crippen LogP contribution in [0.15, 0.2) is 90.5 Å². The molecule has 0 bridgehead atoms. The molecule has 24 heteroatoms. The fourth-order valence-corrected chi connectivity index (χ4v) is 8.92.